The molecule has 6 heteroatoms. The molecule has 15 heavy (non-hydrogen) atoms. The average Bonchev–Trinajstić information content (AvgIpc) is 2.63. The number of nitrogens with zero attached hydrogens (tertiary/aromatic N) is 3. The van der Waals surface area contributed by atoms with Crippen LogP contribution in [0.4, 0.5) is 0 Å². The third-order valence-electron chi connectivity index (χ3n) is 2.07. The zero-order valence-electron chi connectivity index (χ0n) is 8.27. The predicted molar refractivity (Wildman–Crippen MR) is 55.0 cm³/mol. The van der Waals surface area contributed by atoms with Crippen LogP contribution in [-0.4, -0.2) is 19.7 Å². The van der Waals surface area contributed by atoms with Gasteiger partial charge in [-0.25, -0.2) is 4.98 Å². The normalized spacial score (nSPS) is 10.5. The third kappa shape index (κ3) is 1.79. The summed E-state index contributed by atoms with van der Waals surface area (Å²) in [6.45, 7) is 0.209. The van der Waals surface area contributed by atoms with Gasteiger partial charge in [-0.1, -0.05) is 0 Å². The molecule has 0 bridgehead atoms. The monoisotopic (exact) mass is 205 g/mol. The molecule has 3 N–H and O–H groups in total. The Morgan fingerprint density at radius 1 is 1.60 bits per heavy atom. The second-order valence-electron chi connectivity index (χ2n) is 3.12. The van der Waals surface area contributed by atoms with E-state index in [1.54, 1.807) is 24.0 Å². The van der Waals surface area contributed by atoms with Gasteiger partial charge >= 0.3 is 0 Å². The van der Waals surface area contributed by atoms with Crippen molar-refractivity contribution in [1.29, 1.82) is 0 Å². The maximum atomic E-state index is 11.3. The van der Waals surface area contributed by atoms with Crippen LogP contribution in [0.15, 0.2) is 23.1 Å². The van der Waals surface area contributed by atoms with Crippen molar-refractivity contribution < 1.29 is 0 Å². The SMILES string of the molecule is Cn1nccc1-c1cc(=O)[nH]c(CN)n1. The van der Waals surface area contributed by atoms with Crippen molar-refractivity contribution in [2.75, 3.05) is 0 Å². The molecule has 0 amide bonds. The first-order chi connectivity index (χ1) is 7.20. The summed E-state index contributed by atoms with van der Waals surface area (Å²) in [6, 6.07) is 3.22. The van der Waals surface area contributed by atoms with E-state index in [0.717, 1.165) is 5.69 Å². The minimum absolute atomic E-state index is 0.207. The van der Waals surface area contributed by atoms with Crippen LogP contribution in [0.25, 0.3) is 11.4 Å². The van der Waals surface area contributed by atoms with Crippen molar-refractivity contribution in [3.63, 3.8) is 0 Å². The summed E-state index contributed by atoms with van der Waals surface area (Å²) in [5.74, 6) is 0.471. The highest BCUT2D eigenvalue weighted by Crippen LogP contribution is 2.12. The van der Waals surface area contributed by atoms with E-state index in [-0.39, 0.29) is 12.1 Å². The fraction of sp³-hybridized carbons (Fsp3) is 0.222. The highest BCUT2D eigenvalue weighted by molar-refractivity contribution is 5.53. The van der Waals surface area contributed by atoms with Gasteiger partial charge in [0.05, 0.1) is 17.9 Å². The van der Waals surface area contributed by atoms with Crippen molar-refractivity contribution in [2.45, 2.75) is 6.54 Å². The molecule has 78 valence electrons. The number of H-pyrrole nitrogens is 1. The van der Waals surface area contributed by atoms with Gasteiger partial charge in [-0.2, -0.15) is 5.10 Å². The molecule has 2 rings (SSSR count). The Morgan fingerprint density at radius 3 is 3.00 bits per heavy atom. The van der Waals surface area contributed by atoms with Crippen molar-refractivity contribution >= 4 is 0 Å². The lowest BCUT2D eigenvalue weighted by atomic mass is 10.3. The molecule has 2 aromatic heterocycles. The van der Waals surface area contributed by atoms with E-state index in [1.165, 1.54) is 6.07 Å². The van der Waals surface area contributed by atoms with Crippen molar-refractivity contribution in [3.8, 4) is 11.4 Å². The molecule has 0 fully saturated rings. The number of aromatic nitrogens is 4. The zero-order chi connectivity index (χ0) is 10.8. The van der Waals surface area contributed by atoms with Gasteiger partial charge in [-0.05, 0) is 6.07 Å². The predicted octanol–water partition coefficient (Wildman–Crippen LogP) is -0.371. The van der Waals surface area contributed by atoms with Crippen LogP contribution < -0.4 is 11.3 Å². The molecule has 0 atom stereocenters. The molecule has 0 aromatic carbocycles. The quantitative estimate of drug-likeness (QED) is 0.700. The van der Waals surface area contributed by atoms with E-state index in [0.29, 0.717) is 11.5 Å². The first-order valence-corrected chi connectivity index (χ1v) is 4.49. The van der Waals surface area contributed by atoms with Crippen molar-refractivity contribution in [1.82, 2.24) is 19.7 Å². The van der Waals surface area contributed by atoms with Crippen molar-refractivity contribution in [3.05, 3.63) is 34.5 Å². The van der Waals surface area contributed by atoms with Gasteiger partial charge in [0.1, 0.15) is 5.82 Å². The minimum atomic E-state index is -0.207. The van der Waals surface area contributed by atoms with Crippen LogP contribution in [-0.2, 0) is 13.6 Å². The third-order valence-corrected chi connectivity index (χ3v) is 2.07. The molecule has 0 unspecified atom stereocenters. The first kappa shape index (κ1) is 9.60. The molecule has 2 aromatic rings. The Bertz CT molecular complexity index is 527. The van der Waals surface area contributed by atoms with Gasteiger partial charge in [0, 0.05) is 19.3 Å². The highest BCUT2D eigenvalue weighted by atomic mass is 16.1. The second-order valence-corrected chi connectivity index (χ2v) is 3.12. The summed E-state index contributed by atoms with van der Waals surface area (Å²) in [5.41, 5.74) is 6.59. The van der Waals surface area contributed by atoms with Crippen LogP contribution in [0.2, 0.25) is 0 Å². The number of nitrogens with one attached hydrogen (secondary N) is 1. The summed E-state index contributed by atoms with van der Waals surface area (Å²) in [5, 5.41) is 4.01. The zero-order valence-corrected chi connectivity index (χ0v) is 8.27. The van der Waals surface area contributed by atoms with E-state index < -0.39 is 0 Å². The maximum Gasteiger partial charge on any atom is 0.251 e. The molecular formula is C9H11N5O. The van der Waals surface area contributed by atoms with Crippen LogP contribution >= 0.6 is 0 Å². The number of hydrogen-bond acceptors (Lipinski definition) is 4. The molecule has 0 spiro atoms. The Labute approximate surface area is 85.8 Å². The molecule has 0 aliphatic rings. The molecule has 2 heterocycles. The largest absolute Gasteiger partial charge is 0.324 e. The fourth-order valence-electron chi connectivity index (χ4n) is 1.36. The smallest absolute Gasteiger partial charge is 0.251 e. The maximum absolute atomic E-state index is 11.3. The molecule has 0 saturated carbocycles. The first-order valence-electron chi connectivity index (χ1n) is 4.49. The van der Waals surface area contributed by atoms with E-state index in [2.05, 4.69) is 15.1 Å². The van der Waals surface area contributed by atoms with Crippen LogP contribution in [0.1, 0.15) is 5.82 Å². The van der Waals surface area contributed by atoms with E-state index in [9.17, 15) is 4.79 Å². The number of rotatable bonds is 2. The fourth-order valence-corrected chi connectivity index (χ4v) is 1.36. The number of aromatic amines is 1. The van der Waals surface area contributed by atoms with Gasteiger partial charge in [-0.15, -0.1) is 0 Å². The van der Waals surface area contributed by atoms with Crippen molar-refractivity contribution in [2.24, 2.45) is 12.8 Å². The Morgan fingerprint density at radius 2 is 2.40 bits per heavy atom. The van der Waals surface area contributed by atoms with Gasteiger partial charge in [0.25, 0.3) is 5.56 Å². The number of nitrogens with two attached hydrogens (primary N) is 1. The highest BCUT2D eigenvalue weighted by Gasteiger charge is 2.06. The van der Waals surface area contributed by atoms with Gasteiger partial charge in [0.2, 0.25) is 0 Å². The summed E-state index contributed by atoms with van der Waals surface area (Å²) < 4.78 is 1.65. The van der Waals surface area contributed by atoms with E-state index in [1.807, 2.05) is 0 Å². The summed E-state index contributed by atoms with van der Waals surface area (Å²) >= 11 is 0. The topological polar surface area (TPSA) is 89.6 Å². The Kier molecular flexibility index (Phi) is 2.34. The molecule has 6 nitrogen and oxygen atoms in total. The van der Waals surface area contributed by atoms with E-state index in [4.69, 9.17) is 5.73 Å². The van der Waals surface area contributed by atoms with Gasteiger partial charge in [-0.3, -0.25) is 9.48 Å². The van der Waals surface area contributed by atoms with Gasteiger partial charge < -0.3 is 10.7 Å². The summed E-state index contributed by atoms with van der Waals surface area (Å²) in [7, 11) is 1.79. The summed E-state index contributed by atoms with van der Waals surface area (Å²) in [6.07, 6.45) is 1.65. The Hall–Kier alpha value is -1.95. The molecular weight excluding hydrogens is 194 g/mol. The van der Waals surface area contributed by atoms with E-state index >= 15 is 0 Å². The van der Waals surface area contributed by atoms with Crippen LogP contribution in [0, 0.1) is 0 Å². The lowest BCUT2D eigenvalue weighted by Gasteiger charge is -2.02. The second kappa shape index (κ2) is 3.66. The minimum Gasteiger partial charge on any atom is -0.324 e. The average molecular weight is 205 g/mol. The molecule has 0 aliphatic carbocycles. The number of hydrogen-bond donors (Lipinski definition) is 2. The Balaban J connectivity index is 2.58. The van der Waals surface area contributed by atoms with Crippen LogP contribution in [0.3, 0.4) is 0 Å². The molecule has 0 aliphatic heterocycles. The standard InChI is InChI=1S/C9H11N5O/c1-14-7(2-3-11-14)6-4-9(15)13-8(5-10)12-6/h2-4H,5,10H2,1H3,(H,12,13,15). The van der Waals surface area contributed by atoms with Crippen LogP contribution in [0.5, 0.6) is 0 Å². The number of aryl methyl sites for hydroxylation is 1. The molecule has 0 saturated heterocycles. The molecule has 0 radical (unpaired) electrons. The van der Waals surface area contributed by atoms with Gasteiger partial charge in [0.15, 0.2) is 0 Å². The summed E-state index contributed by atoms with van der Waals surface area (Å²) in [4.78, 5) is 18.1. The lowest BCUT2D eigenvalue weighted by Crippen LogP contribution is -2.14. The lowest BCUT2D eigenvalue weighted by molar-refractivity contribution is 0.770.